The average molecular weight is 390 g/mol. The van der Waals surface area contributed by atoms with Gasteiger partial charge < -0.3 is 25.2 Å². The number of aliphatic carboxylic acids is 2. The number of para-hydroxylation sites is 1. The van der Waals surface area contributed by atoms with E-state index in [0.717, 1.165) is 31.0 Å². The molecule has 1 aliphatic heterocycles. The molecule has 0 aromatic heterocycles. The van der Waals surface area contributed by atoms with E-state index in [9.17, 15) is 0 Å². The molecule has 0 saturated carbocycles. The van der Waals surface area contributed by atoms with Gasteiger partial charge in [0, 0.05) is 22.4 Å². The molecule has 7 nitrogen and oxygen atoms in total. The Hall–Kier alpha value is -2.71. The van der Waals surface area contributed by atoms with E-state index in [1.165, 1.54) is 15.5 Å². The summed E-state index contributed by atoms with van der Waals surface area (Å²) in [5, 5.41) is 18.3. The lowest BCUT2D eigenvalue weighted by Gasteiger charge is -2.21. The zero-order valence-corrected chi connectivity index (χ0v) is 16.0. The SMILES string of the molecule is CN(C)CCCOc1ccc2c(c1)Nc1ccccc1S2.O=C(O)C(=O)O. The molecule has 0 spiro atoms. The van der Waals surface area contributed by atoms with Crippen LogP contribution in [-0.2, 0) is 9.59 Å². The van der Waals surface area contributed by atoms with E-state index in [4.69, 9.17) is 24.5 Å². The highest BCUT2D eigenvalue weighted by Gasteiger charge is 2.15. The zero-order chi connectivity index (χ0) is 19.8. The van der Waals surface area contributed by atoms with Crippen LogP contribution in [0.1, 0.15) is 6.42 Å². The molecule has 3 rings (SSSR count). The number of anilines is 2. The van der Waals surface area contributed by atoms with Gasteiger partial charge in [0.2, 0.25) is 0 Å². The third kappa shape index (κ3) is 6.50. The summed E-state index contributed by atoms with van der Waals surface area (Å²) in [6.45, 7) is 1.80. The van der Waals surface area contributed by atoms with Gasteiger partial charge in [-0.25, -0.2) is 9.59 Å². The fourth-order valence-corrected chi connectivity index (χ4v) is 3.25. The van der Waals surface area contributed by atoms with Gasteiger partial charge in [0.05, 0.1) is 18.0 Å². The van der Waals surface area contributed by atoms with Crippen molar-refractivity contribution in [3.63, 3.8) is 0 Å². The Kier molecular flexibility index (Phi) is 7.51. The highest BCUT2D eigenvalue weighted by atomic mass is 32.2. The van der Waals surface area contributed by atoms with Crippen LogP contribution in [0.25, 0.3) is 0 Å². The summed E-state index contributed by atoms with van der Waals surface area (Å²) in [5.74, 6) is -2.72. The van der Waals surface area contributed by atoms with Crippen molar-refractivity contribution in [3.8, 4) is 5.75 Å². The number of ether oxygens (including phenoxy) is 1. The topological polar surface area (TPSA) is 99.1 Å². The van der Waals surface area contributed by atoms with Crippen LogP contribution in [0, 0.1) is 0 Å². The molecule has 0 radical (unpaired) electrons. The van der Waals surface area contributed by atoms with E-state index in [1.807, 2.05) is 0 Å². The molecule has 0 amide bonds. The number of benzene rings is 2. The third-order valence-corrected chi connectivity index (χ3v) is 4.68. The summed E-state index contributed by atoms with van der Waals surface area (Å²) < 4.78 is 5.83. The van der Waals surface area contributed by atoms with E-state index in [2.05, 4.69) is 66.8 Å². The summed E-state index contributed by atoms with van der Waals surface area (Å²) in [4.78, 5) is 22.9. The van der Waals surface area contributed by atoms with Crippen LogP contribution in [0.5, 0.6) is 5.75 Å². The lowest BCUT2D eigenvalue weighted by molar-refractivity contribution is -0.159. The Labute approximate surface area is 162 Å². The molecule has 3 N–H and O–H groups in total. The third-order valence-electron chi connectivity index (χ3n) is 3.53. The van der Waals surface area contributed by atoms with E-state index in [1.54, 1.807) is 11.8 Å². The monoisotopic (exact) mass is 390 g/mol. The molecule has 144 valence electrons. The summed E-state index contributed by atoms with van der Waals surface area (Å²) >= 11 is 1.80. The predicted molar refractivity (Wildman–Crippen MR) is 104 cm³/mol. The fraction of sp³-hybridized carbons (Fsp3) is 0.263. The van der Waals surface area contributed by atoms with E-state index in [-0.39, 0.29) is 0 Å². The van der Waals surface area contributed by atoms with Crippen molar-refractivity contribution >= 4 is 35.1 Å². The van der Waals surface area contributed by atoms with Gasteiger partial charge in [-0.2, -0.15) is 0 Å². The summed E-state index contributed by atoms with van der Waals surface area (Å²) in [6.07, 6.45) is 1.04. The first kappa shape index (κ1) is 20.6. The first-order chi connectivity index (χ1) is 12.9. The minimum atomic E-state index is -1.82. The van der Waals surface area contributed by atoms with Gasteiger partial charge in [-0.1, -0.05) is 23.9 Å². The molecule has 2 aromatic carbocycles. The molecule has 0 bridgehead atoms. The minimum absolute atomic E-state index is 0.751. The molecule has 8 heteroatoms. The van der Waals surface area contributed by atoms with Crippen LogP contribution < -0.4 is 10.1 Å². The summed E-state index contributed by atoms with van der Waals surface area (Å²) in [6, 6.07) is 14.6. The van der Waals surface area contributed by atoms with Gasteiger partial charge in [0.15, 0.2) is 0 Å². The van der Waals surface area contributed by atoms with Crippen LogP contribution in [0.15, 0.2) is 52.3 Å². The molecule has 0 fully saturated rings. The lowest BCUT2D eigenvalue weighted by atomic mass is 10.2. The minimum Gasteiger partial charge on any atom is -0.493 e. The van der Waals surface area contributed by atoms with E-state index < -0.39 is 11.9 Å². The van der Waals surface area contributed by atoms with Crippen LogP contribution in [-0.4, -0.2) is 54.3 Å². The molecular formula is C19H22N2O5S. The second-order valence-corrected chi connectivity index (χ2v) is 7.08. The molecule has 0 unspecified atom stereocenters. The largest absolute Gasteiger partial charge is 0.493 e. The molecule has 1 aliphatic rings. The van der Waals surface area contributed by atoms with E-state index in [0.29, 0.717) is 0 Å². The normalized spacial score (nSPS) is 11.4. The summed E-state index contributed by atoms with van der Waals surface area (Å²) in [5.41, 5.74) is 2.29. The fourth-order valence-electron chi connectivity index (χ4n) is 2.28. The smallest absolute Gasteiger partial charge is 0.414 e. The summed E-state index contributed by atoms with van der Waals surface area (Å²) in [7, 11) is 4.16. The second kappa shape index (κ2) is 9.84. The van der Waals surface area contributed by atoms with Gasteiger partial charge in [-0.05, 0) is 44.8 Å². The van der Waals surface area contributed by atoms with Crippen molar-refractivity contribution in [3.05, 3.63) is 42.5 Å². The highest BCUT2D eigenvalue weighted by molar-refractivity contribution is 7.99. The van der Waals surface area contributed by atoms with Crippen LogP contribution in [0.2, 0.25) is 0 Å². The van der Waals surface area contributed by atoms with Crippen LogP contribution in [0.4, 0.5) is 11.4 Å². The van der Waals surface area contributed by atoms with Crippen molar-refractivity contribution in [2.75, 3.05) is 32.6 Å². The van der Waals surface area contributed by atoms with Gasteiger partial charge >= 0.3 is 11.9 Å². The Morgan fingerprint density at radius 3 is 2.37 bits per heavy atom. The number of fused-ring (bicyclic) bond motifs is 2. The maximum Gasteiger partial charge on any atom is 0.414 e. The van der Waals surface area contributed by atoms with Crippen LogP contribution >= 0.6 is 11.8 Å². The first-order valence-corrected chi connectivity index (χ1v) is 9.10. The van der Waals surface area contributed by atoms with Gasteiger partial charge in [0.25, 0.3) is 0 Å². The molecule has 2 aromatic rings. The molecule has 0 aliphatic carbocycles. The number of carbonyl (C=O) groups is 2. The lowest BCUT2D eigenvalue weighted by Crippen LogP contribution is -2.15. The zero-order valence-electron chi connectivity index (χ0n) is 15.1. The van der Waals surface area contributed by atoms with Gasteiger partial charge in [-0.3, -0.25) is 0 Å². The van der Waals surface area contributed by atoms with Crippen molar-refractivity contribution in [2.24, 2.45) is 0 Å². The average Bonchev–Trinajstić information content (AvgIpc) is 2.63. The molecule has 27 heavy (non-hydrogen) atoms. The Morgan fingerprint density at radius 2 is 1.70 bits per heavy atom. The number of carboxylic acid groups (broad SMARTS) is 2. The highest BCUT2D eigenvalue weighted by Crippen LogP contribution is 2.44. The van der Waals surface area contributed by atoms with Crippen molar-refractivity contribution in [1.82, 2.24) is 4.90 Å². The maximum absolute atomic E-state index is 9.10. The van der Waals surface area contributed by atoms with Gasteiger partial charge in [-0.15, -0.1) is 0 Å². The molecule has 1 heterocycles. The molecule has 0 atom stereocenters. The van der Waals surface area contributed by atoms with Gasteiger partial charge in [0.1, 0.15) is 5.75 Å². The first-order valence-electron chi connectivity index (χ1n) is 8.28. The number of hydrogen-bond acceptors (Lipinski definition) is 6. The molecule has 0 saturated heterocycles. The van der Waals surface area contributed by atoms with Crippen molar-refractivity contribution in [1.29, 1.82) is 0 Å². The quantitative estimate of drug-likeness (QED) is 0.450. The number of rotatable bonds is 5. The van der Waals surface area contributed by atoms with Crippen molar-refractivity contribution < 1.29 is 24.5 Å². The number of carboxylic acids is 2. The Bertz CT molecular complexity index is 798. The van der Waals surface area contributed by atoms with Crippen LogP contribution in [0.3, 0.4) is 0 Å². The predicted octanol–water partition coefficient (Wildman–Crippen LogP) is 3.38. The van der Waals surface area contributed by atoms with E-state index >= 15 is 0 Å². The standard InChI is InChI=1S/C17H20N2OS.C2H2O4/c1-19(2)10-5-11-20-13-8-9-17-15(12-13)18-14-6-3-4-7-16(14)21-17;3-1(4)2(5)6/h3-4,6-9,12,18H,5,10-11H2,1-2H3;(H,3,4)(H,5,6). The second-order valence-electron chi connectivity index (χ2n) is 6.00. The Morgan fingerprint density at radius 1 is 1.04 bits per heavy atom. The Balaban J connectivity index is 0.000000380. The molecular weight excluding hydrogens is 368 g/mol. The maximum atomic E-state index is 9.10. The number of nitrogens with one attached hydrogen (secondary N) is 1. The van der Waals surface area contributed by atoms with Crippen molar-refractivity contribution in [2.45, 2.75) is 16.2 Å². The number of nitrogens with zero attached hydrogens (tertiary/aromatic N) is 1. The number of hydrogen-bond donors (Lipinski definition) is 3.